The smallest absolute Gasteiger partial charge is 0.321 e. The van der Waals surface area contributed by atoms with Crippen LogP contribution >= 0.6 is 0 Å². The predicted molar refractivity (Wildman–Crippen MR) is 393 cm³/mol. The van der Waals surface area contributed by atoms with Gasteiger partial charge in [-0.25, -0.2) is 4.79 Å². The highest BCUT2D eigenvalue weighted by atomic mass is 16.2. The summed E-state index contributed by atoms with van der Waals surface area (Å²) in [5.74, 6) is 2.17. The largest absolute Gasteiger partial charge is 0.340 e. The van der Waals surface area contributed by atoms with Gasteiger partial charge in [-0.3, -0.25) is 53.5 Å². The third kappa shape index (κ3) is 20.9. The maximum Gasteiger partial charge on any atom is 0.321 e. The summed E-state index contributed by atoms with van der Waals surface area (Å²) in [4.78, 5) is 94.5. The maximum absolute atomic E-state index is 13.1. The molecule has 10 aliphatic rings. The maximum atomic E-state index is 13.1. The Morgan fingerprint density at radius 2 is 0.804 bits per heavy atom. The van der Waals surface area contributed by atoms with E-state index >= 15 is 0 Å². The molecule has 10 aliphatic heterocycles. The highest BCUT2D eigenvalue weighted by molar-refractivity contribution is 5.87. The summed E-state index contributed by atoms with van der Waals surface area (Å²) in [6.07, 6.45) is 4.25. The van der Waals surface area contributed by atoms with Gasteiger partial charge in [0.1, 0.15) is 0 Å². The van der Waals surface area contributed by atoms with Gasteiger partial charge in [-0.15, -0.1) is 0 Å². The second kappa shape index (κ2) is 36.7. The van der Waals surface area contributed by atoms with Crippen LogP contribution in [-0.2, 0) is 19.2 Å². The van der Waals surface area contributed by atoms with Crippen LogP contribution in [0.4, 0.5) is 4.79 Å². The Hall–Kier alpha value is -4.81. The van der Waals surface area contributed by atoms with Crippen molar-refractivity contribution in [3.63, 3.8) is 0 Å². The van der Waals surface area contributed by atoms with Gasteiger partial charge in [0.2, 0.25) is 23.6 Å². The van der Waals surface area contributed by atoms with Gasteiger partial charge in [0.15, 0.2) is 0 Å². The minimum atomic E-state index is -0.292. The summed E-state index contributed by atoms with van der Waals surface area (Å²) in [7, 11) is 6.26. The third-order valence-electron chi connectivity index (χ3n) is 23.2. The number of nitrogens with zero attached hydrogens (tertiary/aromatic N) is 14. The van der Waals surface area contributed by atoms with Crippen LogP contribution in [0.25, 0.3) is 0 Å². The summed E-state index contributed by atoms with van der Waals surface area (Å²) in [5.41, 5.74) is 2.04. The molecule has 10 saturated heterocycles. The minimum Gasteiger partial charge on any atom is -0.340 e. The van der Waals surface area contributed by atoms with Crippen molar-refractivity contribution in [1.82, 2.24) is 79.2 Å². The highest BCUT2D eigenvalue weighted by Crippen LogP contribution is 2.35. The van der Waals surface area contributed by atoms with Crippen molar-refractivity contribution in [3.8, 4) is 0 Å². The summed E-state index contributed by atoms with van der Waals surface area (Å²) >= 11 is 0. The van der Waals surface area contributed by atoms with E-state index in [4.69, 9.17) is 0 Å². The lowest BCUT2D eigenvalue weighted by molar-refractivity contribution is -0.143. The van der Waals surface area contributed by atoms with Crippen LogP contribution in [0, 0.1) is 11.8 Å². The highest BCUT2D eigenvalue weighted by Gasteiger charge is 2.45. The van der Waals surface area contributed by atoms with Crippen molar-refractivity contribution in [3.05, 3.63) is 71.8 Å². The number of carbonyl (C=O) groups excluding carboxylic acids is 5. The molecule has 97 heavy (non-hydrogen) atoms. The molecule has 0 radical (unpaired) electrons. The van der Waals surface area contributed by atoms with Crippen LogP contribution in [0.1, 0.15) is 132 Å². The molecule has 0 bridgehead atoms. The van der Waals surface area contributed by atoms with Gasteiger partial charge in [0.05, 0.1) is 29.6 Å². The Bertz CT molecular complexity index is 2710. The monoisotopic (exact) mass is 1350 g/mol. The Kier molecular flexibility index (Phi) is 29.5. The first-order valence-electron chi connectivity index (χ1n) is 37.8. The van der Waals surface area contributed by atoms with E-state index in [2.05, 4.69) is 217 Å². The molecule has 6 amide bonds. The molecule has 10 heterocycles. The number of likely N-dealkylation sites (N-methyl/N-ethyl adjacent to an activating group) is 3. The van der Waals surface area contributed by atoms with E-state index in [0.29, 0.717) is 65.7 Å². The summed E-state index contributed by atoms with van der Waals surface area (Å²) in [5, 5.41) is 6.77. The van der Waals surface area contributed by atoms with Crippen molar-refractivity contribution in [2.24, 2.45) is 11.8 Å². The lowest BCUT2D eigenvalue weighted by atomic mass is 9.88. The average molecular weight is 1350 g/mol. The number of nitrogens with one attached hydrogen (secondary N) is 2. The Morgan fingerprint density at radius 1 is 0.402 bits per heavy atom. The third-order valence-corrected chi connectivity index (χ3v) is 23.2. The molecule has 546 valence electrons. The molecule has 6 unspecified atom stereocenters. The number of likely N-dealkylation sites (tertiary alicyclic amines) is 2. The van der Waals surface area contributed by atoms with Crippen LogP contribution in [0.15, 0.2) is 60.7 Å². The number of piperazine rings is 5. The van der Waals surface area contributed by atoms with Crippen LogP contribution < -0.4 is 10.6 Å². The van der Waals surface area contributed by atoms with Crippen LogP contribution in [0.3, 0.4) is 0 Å². The first-order chi connectivity index (χ1) is 46.3. The first kappa shape index (κ1) is 77.9. The summed E-state index contributed by atoms with van der Waals surface area (Å²) in [6, 6.07) is 24.1. The number of benzene rings is 2. The molecular weight excluding hydrogens is 1220 g/mol. The van der Waals surface area contributed by atoms with E-state index in [1.54, 1.807) is 0 Å². The fourth-order valence-electron chi connectivity index (χ4n) is 16.2. The Labute approximate surface area is 586 Å². The number of rotatable bonds is 11. The van der Waals surface area contributed by atoms with Gasteiger partial charge in [0.25, 0.3) is 0 Å². The first-order valence-corrected chi connectivity index (χ1v) is 37.8. The number of carbonyl (C=O) groups is 5. The second-order valence-corrected chi connectivity index (χ2v) is 31.4. The van der Waals surface area contributed by atoms with Gasteiger partial charge in [-0.2, -0.15) is 0 Å². The summed E-state index contributed by atoms with van der Waals surface area (Å²) < 4.78 is 0. The lowest BCUT2D eigenvalue weighted by Gasteiger charge is -2.41. The average Bonchev–Trinajstić information content (AvgIpc) is 1.59. The van der Waals surface area contributed by atoms with Crippen molar-refractivity contribution >= 4 is 29.7 Å². The van der Waals surface area contributed by atoms with Crippen LogP contribution in [-0.4, -0.2) is 351 Å². The fourth-order valence-corrected chi connectivity index (χ4v) is 16.2. The van der Waals surface area contributed by atoms with Crippen LogP contribution in [0.5, 0.6) is 0 Å². The van der Waals surface area contributed by atoms with Gasteiger partial charge in [0, 0.05) is 212 Å². The topological polar surface area (TPSA) is 155 Å². The van der Waals surface area contributed by atoms with Gasteiger partial charge in [-0.05, 0) is 154 Å². The van der Waals surface area contributed by atoms with Gasteiger partial charge in [-0.1, -0.05) is 60.7 Å². The van der Waals surface area contributed by atoms with E-state index < -0.39 is 0 Å². The zero-order valence-corrected chi connectivity index (χ0v) is 63.1. The zero-order chi connectivity index (χ0) is 70.1. The Balaban J connectivity index is 0.000000156. The fraction of sp³-hybridized carbons (Fsp3) is 0.776. The molecule has 12 rings (SSSR count). The molecule has 21 nitrogen and oxygen atoms in total. The standard InChI is InChI=1S/C19H29N3O.C18H27N3O.C14H27N3O.C13H25N3O.C12H24N4O/c1-15(2)21-9-11-22(12-10-21)19(23)18-14-20(3)13-17(18)16-7-5-4-6-8-16;1-14(2)20-8-10-21(11-9-20)18(22)17-13-19-12-16(17)15-6-4-3-5-7-15;1-12(2)16-8-10-17(11-9-16)13(18)14(3)6-5-7-15(14)4;1-11(2)15-7-9-16(10-8-15)12(17)13(3)5-4-6-14-13;1-11(2)14-6-8-15(9-7-14)12(17)16-5-4-13(3)10-16/h4-8,15,17-18H,9-14H2,1-3H3;3-7,14,16-17,19H,8-13H2,1-2H3;12H,5-11H2,1-4H3;11,14H,4-10H2,1-3H3;11H,4-10H2,1-3H3. The van der Waals surface area contributed by atoms with E-state index in [1.807, 2.05) is 26.8 Å². The SMILES string of the molecule is CC(C)N1CCN(C(=O)C2(C)CCCN2)CC1.CC(C)N1CCN(C(=O)C2(C)CCCN2C)CC1.CC(C)N1CCN(C(=O)C2CN(C)CC2c2ccccc2)CC1.CC(C)N1CCN(C(=O)C2CNCC2c2ccccc2)CC1.CC(C)N1CCN(C(=O)N2CCN(C)C2)CC1. The molecular formula is C76H132N16O5. The molecule has 10 fully saturated rings. The van der Waals surface area contributed by atoms with E-state index in [-0.39, 0.29) is 28.9 Å². The number of amides is 6. The van der Waals surface area contributed by atoms with Crippen LogP contribution in [0.2, 0.25) is 0 Å². The van der Waals surface area contributed by atoms with Crippen molar-refractivity contribution in [1.29, 1.82) is 0 Å². The van der Waals surface area contributed by atoms with Crippen molar-refractivity contribution < 1.29 is 24.0 Å². The molecule has 0 aromatic heterocycles. The zero-order valence-electron chi connectivity index (χ0n) is 63.1. The number of hydrogen-bond donors (Lipinski definition) is 2. The van der Waals surface area contributed by atoms with E-state index in [0.717, 1.165) is 216 Å². The number of hydrogen-bond acceptors (Lipinski definition) is 15. The van der Waals surface area contributed by atoms with E-state index in [1.165, 1.54) is 11.1 Å². The molecule has 0 spiro atoms. The van der Waals surface area contributed by atoms with Crippen molar-refractivity contribution in [2.45, 2.75) is 162 Å². The molecule has 0 aliphatic carbocycles. The molecule has 0 saturated carbocycles. The quantitative estimate of drug-likeness (QED) is 0.292. The molecule has 2 N–H and O–H groups in total. The lowest BCUT2D eigenvalue weighted by Crippen LogP contribution is -2.58. The molecule has 6 atom stereocenters. The van der Waals surface area contributed by atoms with E-state index in [9.17, 15) is 24.0 Å². The minimum absolute atomic E-state index is 0.0907. The molecule has 21 heteroatoms. The summed E-state index contributed by atoms with van der Waals surface area (Å²) in [6.45, 7) is 53.5. The van der Waals surface area contributed by atoms with Crippen molar-refractivity contribution in [2.75, 3.05) is 211 Å². The molecule has 2 aromatic carbocycles. The number of urea groups is 1. The van der Waals surface area contributed by atoms with Gasteiger partial charge >= 0.3 is 6.03 Å². The predicted octanol–water partition coefficient (Wildman–Crippen LogP) is 5.47. The second-order valence-electron chi connectivity index (χ2n) is 31.4. The molecule has 2 aromatic rings. The normalized spacial score (nSPS) is 27.8. The van der Waals surface area contributed by atoms with Gasteiger partial charge < -0.3 is 44.9 Å². The Morgan fingerprint density at radius 3 is 1.20 bits per heavy atom.